The molecule has 1 aromatic heterocycles. The number of nitrogens with one attached hydrogen (secondary N) is 2. The third kappa shape index (κ3) is 4.97. The van der Waals surface area contributed by atoms with Crippen LogP contribution >= 0.6 is 11.6 Å². The lowest BCUT2D eigenvalue weighted by Gasteiger charge is -2.20. The fourth-order valence-electron chi connectivity index (χ4n) is 2.79. The fourth-order valence-corrected chi connectivity index (χ4v) is 2.96. The molecule has 0 spiro atoms. The maximum Gasteiger partial charge on any atom is 0.258 e. The Morgan fingerprint density at radius 1 is 1.24 bits per heavy atom. The summed E-state index contributed by atoms with van der Waals surface area (Å²) < 4.78 is 13.2. The van der Waals surface area contributed by atoms with Gasteiger partial charge in [0.1, 0.15) is 11.6 Å². The van der Waals surface area contributed by atoms with Crippen LogP contribution < -0.4 is 10.9 Å². The van der Waals surface area contributed by atoms with Crippen LogP contribution in [0.2, 0.25) is 5.02 Å². The van der Waals surface area contributed by atoms with E-state index in [0.29, 0.717) is 28.3 Å². The fraction of sp³-hybridized carbons (Fsp3) is 0.200. The summed E-state index contributed by atoms with van der Waals surface area (Å²) in [5, 5.41) is 3.32. The highest BCUT2D eigenvalue weighted by atomic mass is 35.5. The minimum Gasteiger partial charge on any atom is -0.343 e. The van der Waals surface area contributed by atoms with Gasteiger partial charge in [0, 0.05) is 17.1 Å². The SMILES string of the molecule is CCN(Cc1nc2cc(Cl)ccc2c(=O)[nH]1)C(=O)CNC(=O)c1cccc(F)c1. The van der Waals surface area contributed by atoms with E-state index in [4.69, 9.17) is 11.6 Å². The molecule has 0 atom stereocenters. The molecular weight excluding hydrogens is 399 g/mol. The summed E-state index contributed by atoms with van der Waals surface area (Å²) in [6.07, 6.45) is 0. The van der Waals surface area contributed by atoms with Crippen molar-refractivity contribution in [1.82, 2.24) is 20.2 Å². The molecule has 150 valence electrons. The maximum absolute atomic E-state index is 13.2. The Morgan fingerprint density at radius 3 is 2.76 bits per heavy atom. The second kappa shape index (κ2) is 8.83. The van der Waals surface area contributed by atoms with E-state index < -0.39 is 11.7 Å². The number of aromatic nitrogens is 2. The molecule has 0 unspecified atom stereocenters. The van der Waals surface area contributed by atoms with Crippen LogP contribution in [-0.4, -0.2) is 39.8 Å². The molecule has 2 N–H and O–H groups in total. The van der Waals surface area contributed by atoms with Crippen molar-refractivity contribution < 1.29 is 14.0 Å². The normalized spacial score (nSPS) is 10.7. The molecule has 0 radical (unpaired) electrons. The number of rotatable bonds is 6. The van der Waals surface area contributed by atoms with Crippen molar-refractivity contribution in [3.63, 3.8) is 0 Å². The molecule has 3 aromatic rings. The first kappa shape index (κ1) is 20.5. The Bertz CT molecular complexity index is 1130. The Morgan fingerprint density at radius 2 is 2.03 bits per heavy atom. The van der Waals surface area contributed by atoms with Crippen LogP contribution in [0.3, 0.4) is 0 Å². The van der Waals surface area contributed by atoms with E-state index in [1.807, 2.05) is 0 Å². The molecule has 7 nitrogen and oxygen atoms in total. The van der Waals surface area contributed by atoms with Gasteiger partial charge in [-0.25, -0.2) is 9.37 Å². The van der Waals surface area contributed by atoms with Crippen LogP contribution in [0.5, 0.6) is 0 Å². The summed E-state index contributed by atoms with van der Waals surface area (Å²) in [5.74, 6) is -1.16. The Kier molecular flexibility index (Phi) is 6.23. The lowest BCUT2D eigenvalue weighted by molar-refractivity contribution is -0.130. The van der Waals surface area contributed by atoms with Gasteiger partial charge in [-0.05, 0) is 43.3 Å². The van der Waals surface area contributed by atoms with Gasteiger partial charge in [-0.3, -0.25) is 14.4 Å². The van der Waals surface area contributed by atoms with Crippen molar-refractivity contribution >= 4 is 34.3 Å². The van der Waals surface area contributed by atoms with Crippen molar-refractivity contribution in [2.24, 2.45) is 0 Å². The first-order valence-corrected chi connectivity index (χ1v) is 9.25. The molecular formula is C20H18ClFN4O3. The molecule has 0 saturated carbocycles. The summed E-state index contributed by atoms with van der Waals surface area (Å²) in [6, 6.07) is 9.94. The topological polar surface area (TPSA) is 95.2 Å². The number of carbonyl (C=O) groups excluding carboxylic acids is 2. The lowest BCUT2D eigenvalue weighted by atomic mass is 10.2. The van der Waals surface area contributed by atoms with Crippen molar-refractivity contribution in [3.8, 4) is 0 Å². The van der Waals surface area contributed by atoms with Crippen molar-refractivity contribution in [2.45, 2.75) is 13.5 Å². The predicted octanol–water partition coefficient (Wildman–Crippen LogP) is 2.49. The molecule has 2 aromatic carbocycles. The number of nitrogens with zero attached hydrogens (tertiary/aromatic N) is 2. The smallest absolute Gasteiger partial charge is 0.258 e. The van der Waals surface area contributed by atoms with E-state index in [-0.39, 0.29) is 30.1 Å². The van der Waals surface area contributed by atoms with Crippen LogP contribution in [-0.2, 0) is 11.3 Å². The van der Waals surface area contributed by atoms with E-state index in [1.54, 1.807) is 25.1 Å². The van der Waals surface area contributed by atoms with Gasteiger partial charge in [-0.2, -0.15) is 0 Å². The van der Waals surface area contributed by atoms with E-state index in [2.05, 4.69) is 15.3 Å². The maximum atomic E-state index is 13.2. The van der Waals surface area contributed by atoms with Gasteiger partial charge in [0.05, 0.1) is 24.0 Å². The second-order valence-corrected chi connectivity index (χ2v) is 6.71. The minimum absolute atomic E-state index is 0.0584. The highest BCUT2D eigenvalue weighted by Gasteiger charge is 2.16. The number of aromatic amines is 1. The molecule has 2 amide bonds. The van der Waals surface area contributed by atoms with E-state index >= 15 is 0 Å². The monoisotopic (exact) mass is 416 g/mol. The number of amides is 2. The first-order valence-electron chi connectivity index (χ1n) is 8.87. The van der Waals surface area contributed by atoms with Crippen molar-refractivity contribution in [2.75, 3.05) is 13.1 Å². The second-order valence-electron chi connectivity index (χ2n) is 6.28. The van der Waals surface area contributed by atoms with Gasteiger partial charge in [0.25, 0.3) is 11.5 Å². The summed E-state index contributed by atoms with van der Waals surface area (Å²) >= 11 is 5.96. The largest absolute Gasteiger partial charge is 0.343 e. The van der Waals surface area contributed by atoms with Crippen LogP contribution in [0.4, 0.5) is 4.39 Å². The van der Waals surface area contributed by atoms with Gasteiger partial charge < -0.3 is 15.2 Å². The van der Waals surface area contributed by atoms with Crippen molar-refractivity contribution in [1.29, 1.82) is 0 Å². The summed E-state index contributed by atoms with van der Waals surface area (Å²) in [6.45, 7) is 1.89. The van der Waals surface area contributed by atoms with Crippen LogP contribution in [0.1, 0.15) is 23.1 Å². The lowest BCUT2D eigenvalue weighted by Crippen LogP contribution is -2.40. The number of benzene rings is 2. The van der Waals surface area contributed by atoms with Gasteiger partial charge in [-0.1, -0.05) is 17.7 Å². The molecule has 0 aliphatic rings. The van der Waals surface area contributed by atoms with Crippen LogP contribution in [0, 0.1) is 5.82 Å². The highest BCUT2D eigenvalue weighted by Crippen LogP contribution is 2.15. The molecule has 3 rings (SSSR count). The number of hydrogen-bond acceptors (Lipinski definition) is 4. The molecule has 29 heavy (non-hydrogen) atoms. The predicted molar refractivity (Wildman–Crippen MR) is 107 cm³/mol. The molecule has 9 heteroatoms. The zero-order valence-electron chi connectivity index (χ0n) is 15.5. The number of fused-ring (bicyclic) bond motifs is 1. The Balaban J connectivity index is 1.69. The van der Waals surface area contributed by atoms with Gasteiger partial charge in [0.15, 0.2) is 0 Å². The number of hydrogen-bond donors (Lipinski definition) is 2. The highest BCUT2D eigenvalue weighted by molar-refractivity contribution is 6.31. The average molecular weight is 417 g/mol. The summed E-state index contributed by atoms with van der Waals surface area (Å²) in [7, 11) is 0. The molecule has 0 aliphatic heterocycles. The summed E-state index contributed by atoms with van der Waals surface area (Å²) in [4.78, 5) is 45.2. The number of halogens is 2. The van der Waals surface area contributed by atoms with Crippen LogP contribution in [0.25, 0.3) is 10.9 Å². The Hall–Kier alpha value is -3.26. The molecule has 0 fully saturated rings. The standard InChI is InChI=1S/C20H18ClFN4O3/c1-2-26(18(27)10-23-19(28)12-4-3-5-14(22)8-12)11-17-24-16-9-13(21)6-7-15(16)20(29)25-17/h3-9H,2,10-11H2,1H3,(H,23,28)(H,24,25,29). The number of likely N-dealkylation sites (N-methyl/N-ethyl adjacent to an activating group) is 1. The molecule has 0 aliphatic carbocycles. The van der Waals surface area contributed by atoms with E-state index in [0.717, 1.165) is 6.07 Å². The quantitative estimate of drug-likeness (QED) is 0.645. The third-order valence-corrected chi connectivity index (χ3v) is 4.51. The van der Waals surface area contributed by atoms with Gasteiger partial charge >= 0.3 is 0 Å². The Labute approximate surface area is 170 Å². The average Bonchev–Trinajstić information content (AvgIpc) is 2.69. The minimum atomic E-state index is -0.555. The zero-order valence-corrected chi connectivity index (χ0v) is 16.3. The summed E-state index contributed by atoms with van der Waals surface area (Å²) in [5.41, 5.74) is 0.224. The molecule has 0 bridgehead atoms. The number of H-pyrrole nitrogens is 1. The molecule has 0 saturated heterocycles. The van der Waals surface area contributed by atoms with E-state index in [1.165, 1.54) is 23.1 Å². The first-order chi connectivity index (χ1) is 13.9. The third-order valence-electron chi connectivity index (χ3n) is 4.28. The van der Waals surface area contributed by atoms with Crippen molar-refractivity contribution in [3.05, 3.63) is 75.0 Å². The molecule has 1 heterocycles. The number of carbonyl (C=O) groups is 2. The van der Waals surface area contributed by atoms with Crippen LogP contribution in [0.15, 0.2) is 47.3 Å². The van der Waals surface area contributed by atoms with E-state index in [9.17, 15) is 18.8 Å². The van der Waals surface area contributed by atoms with Gasteiger partial charge in [-0.15, -0.1) is 0 Å². The zero-order chi connectivity index (χ0) is 21.0. The van der Waals surface area contributed by atoms with Gasteiger partial charge in [0.2, 0.25) is 5.91 Å².